The van der Waals surface area contributed by atoms with E-state index >= 15 is 0 Å². The predicted octanol–water partition coefficient (Wildman–Crippen LogP) is 2.31. The Balaban J connectivity index is 3.04. The maximum Gasteiger partial charge on any atom is 0.278 e. The molecule has 5 heteroatoms. The van der Waals surface area contributed by atoms with Gasteiger partial charge in [-0.2, -0.15) is 0 Å². The number of benzene rings is 1. The number of halogens is 3. The van der Waals surface area contributed by atoms with E-state index < -0.39 is 30.3 Å². The fourth-order valence-electron chi connectivity index (χ4n) is 1.19. The van der Waals surface area contributed by atoms with Crippen LogP contribution in [0.2, 0.25) is 0 Å². The monoisotopic (exact) mass is 220 g/mol. The van der Waals surface area contributed by atoms with E-state index in [1.54, 1.807) is 0 Å². The van der Waals surface area contributed by atoms with Crippen molar-refractivity contribution in [1.29, 1.82) is 0 Å². The van der Waals surface area contributed by atoms with Gasteiger partial charge in [0.05, 0.1) is 12.7 Å². The number of methoxy groups -OCH3 is 1. The van der Waals surface area contributed by atoms with Gasteiger partial charge in [0.15, 0.2) is 0 Å². The lowest BCUT2D eigenvalue weighted by Gasteiger charge is -2.16. The van der Waals surface area contributed by atoms with Gasteiger partial charge < -0.3 is 9.84 Å². The molecule has 0 aliphatic rings. The van der Waals surface area contributed by atoms with Crippen molar-refractivity contribution in [2.24, 2.45) is 0 Å². The van der Waals surface area contributed by atoms with Crippen LogP contribution in [0.3, 0.4) is 0 Å². The van der Waals surface area contributed by atoms with Crippen LogP contribution in [0.4, 0.5) is 13.2 Å². The summed E-state index contributed by atoms with van der Waals surface area (Å²) < 4.78 is 44.3. The molecule has 0 heterocycles. The third kappa shape index (κ3) is 2.62. The second kappa shape index (κ2) is 4.53. The molecule has 0 saturated carbocycles. The SMILES string of the molecule is COc1ccc(C(F)(F)CCO)c(F)c1. The Morgan fingerprint density at radius 3 is 2.53 bits per heavy atom. The molecule has 1 aromatic rings. The lowest BCUT2D eigenvalue weighted by Crippen LogP contribution is -2.17. The highest BCUT2D eigenvalue weighted by Crippen LogP contribution is 2.34. The summed E-state index contributed by atoms with van der Waals surface area (Å²) in [6.45, 7) is -0.696. The molecule has 0 spiro atoms. The first kappa shape index (κ1) is 11.8. The van der Waals surface area contributed by atoms with Crippen molar-refractivity contribution in [2.75, 3.05) is 13.7 Å². The summed E-state index contributed by atoms with van der Waals surface area (Å²) in [7, 11) is 1.32. The van der Waals surface area contributed by atoms with E-state index in [1.807, 2.05) is 0 Å². The molecule has 0 aromatic heterocycles. The van der Waals surface area contributed by atoms with E-state index in [1.165, 1.54) is 13.2 Å². The Labute approximate surface area is 85.3 Å². The highest BCUT2D eigenvalue weighted by atomic mass is 19.3. The first-order valence-corrected chi connectivity index (χ1v) is 4.34. The van der Waals surface area contributed by atoms with Gasteiger partial charge in [-0.1, -0.05) is 0 Å². The van der Waals surface area contributed by atoms with Gasteiger partial charge in [-0.05, 0) is 12.1 Å². The lowest BCUT2D eigenvalue weighted by atomic mass is 10.1. The zero-order chi connectivity index (χ0) is 11.5. The Bertz CT molecular complexity index is 339. The molecule has 0 amide bonds. The Hall–Kier alpha value is -1.23. The van der Waals surface area contributed by atoms with Gasteiger partial charge >= 0.3 is 0 Å². The second-order valence-electron chi connectivity index (χ2n) is 3.02. The zero-order valence-corrected chi connectivity index (χ0v) is 8.14. The highest BCUT2D eigenvalue weighted by Gasteiger charge is 2.33. The number of rotatable bonds is 4. The number of hydrogen-bond acceptors (Lipinski definition) is 2. The first-order valence-electron chi connectivity index (χ1n) is 4.34. The van der Waals surface area contributed by atoms with Gasteiger partial charge in [0, 0.05) is 19.1 Å². The van der Waals surface area contributed by atoms with E-state index in [-0.39, 0.29) is 5.75 Å². The molecule has 15 heavy (non-hydrogen) atoms. The molecular formula is C10H11F3O2. The lowest BCUT2D eigenvalue weighted by molar-refractivity contribution is -0.0300. The van der Waals surface area contributed by atoms with Crippen molar-refractivity contribution < 1.29 is 23.0 Å². The molecule has 0 saturated heterocycles. The molecule has 0 bridgehead atoms. The van der Waals surface area contributed by atoms with Crippen LogP contribution < -0.4 is 4.74 Å². The van der Waals surface area contributed by atoms with Crippen LogP contribution in [0.5, 0.6) is 5.75 Å². The van der Waals surface area contributed by atoms with Gasteiger partial charge in [0.1, 0.15) is 11.6 Å². The molecule has 84 valence electrons. The fourth-order valence-corrected chi connectivity index (χ4v) is 1.19. The first-order chi connectivity index (χ1) is 7.01. The van der Waals surface area contributed by atoms with Gasteiger partial charge in [-0.25, -0.2) is 13.2 Å². The van der Waals surface area contributed by atoms with E-state index in [0.717, 1.165) is 12.1 Å². The molecule has 1 rings (SSSR count). The average molecular weight is 220 g/mol. The summed E-state index contributed by atoms with van der Waals surface area (Å²) in [4.78, 5) is 0. The highest BCUT2D eigenvalue weighted by molar-refractivity contribution is 5.31. The van der Waals surface area contributed by atoms with Crippen molar-refractivity contribution in [3.8, 4) is 5.75 Å². The van der Waals surface area contributed by atoms with E-state index in [4.69, 9.17) is 5.11 Å². The average Bonchev–Trinajstić information content (AvgIpc) is 2.17. The molecule has 1 aromatic carbocycles. The minimum atomic E-state index is -3.36. The van der Waals surface area contributed by atoms with Crippen LogP contribution in [0, 0.1) is 5.82 Å². The minimum Gasteiger partial charge on any atom is -0.497 e. The van der Waals surface area contributed by atoms with E-state index in [0.29, 0.717) is 0 Å². The maximum absolute atomic E-state index is 13.2. The number of aliphatic hydroxyl groups excluding tert-OH is 1. The van der Waals surface area contributed by atoms with Crippen LogP contribution in [0.1, 0.15) is 12.0 Å². The molecule has 0 radical (unpaired) electrons. The smallest absolute Gasteiger partial charge is 0.278 e. The minimum absolute atomic E-state index is 0.177. The van der Waals surface area contributed by atoms with Gasteiger partial charge in [0.25, 0.3) is 5.92 Å². The van der Waals surface area contributed by atoms with Crippen LogP contribution in [-0.2, 0) is 5.92 Å². The zero-order valence-electron chi connectivity index (χ0n) is 8.14. The van der Waals surface area contributed by atoms with Crippen molar-refractivity contribution >= 4 is 0 Å². The summed E-state index contributed by atoms with van der Waals surface area (Å²) in [6.07, 6.45) is -0.795. The van der Waals surface area contributed by atoms with Crippen molar-refractivity contribution in [3.05, 3.63) is 29.6 Å². The normalized spacial score (nSPS) is 11.5. The van der Waals surface area contributed by atoms with Crippen LogP contribution in [0.15, 0.2) is 18.2 Å². The Kier molecular flexibility index (Phi) is 3.57. The topological polar surface area (TPSA) is 29.5 Å². The molecule has 1 N–H and O–H groups in total. The number of alkyl halides is 2. The molecule has 0 atom stereocenters. The van der Waals surface area contributed by atoms with E-state index in [9.17, 15) is 13.2 Å². The van der Waals surface area contributed by atoms with Gasteiger partial charge in [-0.15, -0.1) is 0 Å². The Morgan fingerprint density at radius 2 is 2.07 bits per heavy atom. The number of hydrogen-bond donors (Lipinski definition) is 1. The molecule has 0 fully saturated rings. The largest absolute Gasteiger partial charge is 0.497 e. The van der Waals surface area contributed by atoms with Crippen molar-refractivity contribution in [2.45, 2.75) is 12.3 Å². The Morgan fingerprint density at radius 1 is 1.40 bits per heavy atom. The van der Waals surface area contributed by atoms with E-state index in [2.05, 4.69) is 4.74 Å². The van der Waals surface area contributed by atoms with Crippen LogP contribution >= 0.6 is 0 Å². The fraction of sp³-hybridized carbons (Fsp3) is 0.400. The standard InChI is InChI=1S/C10H11F3O2/c1-15-7-2-3-8(9(11)6-7)10(12,13)4-5-14/h2-3,6,14H,4-5H2,1H3. The number of ether oxygens (including phenoxy) is 1. The maximum atomic E-state index is 13.2. The molecular weight excluding hydrogens is 209 g/mol. The van der Waals surface area contributed by atoms with Gasteiger partial charge in [-0.3, -0.25) is 0 Å². The molecule has 0 unspecified atom stereocenters. The third-order valence-electron chi connectivity index (χ3n) is 2.00. The summed E-state index contributed by atoms with van der Waals surface area (Å²) in [5.74, 6) is -4.21. The predicted molar refractivity (Wildman–Crippen MR) is 48.5 cm³/mol. The van der Waals surface area contributed by atoms with Crippen LogP contribution in [0.25, 0.3) is 0 Å². The summed E-state index contributed by atoms with van der Waals surface area (Å²) in [5, 5.41) is 8.43. The van der Waals surface area contributed by atoms with Crippen molar-refractivity contribution in [3.63, 3.8) is 0 Å². The van der Waals surface area contributed by atoms with Crippen LogP contribution in [-0.4, -0.2) is 18.8 Å². The van der Waals surface area contributed by atoms with Crippen molar-refractivity contribution in [1.82, 2.24) is 0 Å². The number of aliphatic hydroxyl groups is 1. The van der Waals surface area contributed by atoms with Gasteiger partial charge in [0.2, 0.25) is 0 Å². The molecule has 0 aliphatic carbocycles. The second-order valence-corrected chi connectivity index (χ2v) is 3.02. The molecule has 0 aliphatic heterocycles. The quantitative estimate of drug-likeness (QED) is 0.843. The summed E-state index contributed by atoms with van der Waals surface area (Å²) in [6, 6.07) is 3.11. The molecule has 2 nitrogen and oxygen atoms in total. The summed E-state index contributed by atoms with van der Waals surface area (Å²) >= 11 is 0. The summed E-state index contributed by atoms with van der Waals surface area (Å²) in [5.41, 5.74) is -0.725. The third-order valence-corrected chi connectivity index (χ3v) is 2.00.